The minimum Gasteiger partial charge on any atom is -0.481 e. The third-order valence-electron chi connectivity index (χ3n) is 5.41. The number of benzene rings is 1. The zero-order valence-corrected chi connectivity index (χ0v) is 17.6. The van der Waals surface area contributed by atoms with Gasteiger partial charge >= 0.3 is 0 Å². The summed E-state index contributed by atoms with van der Waals surface area (Å²) in [6.07, 6.45) is 2.35. The molecule has 1 saturated heterocycles. The first kappa shape index (κ1) is 21.0. The van der Waals surface area contributed by atoms with Crippen LogP contribution in [-0.2, 0) is 4.79 Å². The van der Waals surface area contributed by atoms with Crippen molar-refractivity contribution in [2.45, 2.75) is 58.6 Å². The molecule has 6 heteroatoms. The van der Waals surface area contributed by atoms with Crippen molar-refractivity contribution in [3.63, 3.8) is 0 Å². The van der Waals surface area contributed by atoms with Gasteiger partial charge in [-0.15, -0.1) is 0 Å². The molecule has 1 aliphatic rings. The van der Waals surface area contributed by atoms with Gasteiger partial charge < -0.3 is 19.4 Å². The van der Waals surface area contributed by atoms with Crippen LogP contribution in [0.25, 0.3) is 0 Å². The summed E-state index contributed by atoms with van der Waals surface area (Å²) in [5.41, 5.74) is 2.45. The molecule has 0 saturated carbocycles. The highest BCUT2D eigenvalue weighted by molar-refractivity contribution is 5.91. The Morgan fingerprint density at radius 1 is 1.17 bits per heavy atom. The second-order valence-electron chi connectivity index (χ2n) is 7.99. The Labute approximate surface area is 172 Å². The van der Waals surface area contributed by atoms with Gasteiger partial charge in [-0.2, -0.15) is 0 Å². The number of rotatable bonds is 6. The van der Waals surface area contributed by atoms with Crippen LogP contribution in [0.5, 0.6) is 5.75 Å². The quantitative estimate of drug-likeness (QED) is 0.801. The van der Waals surface area contributed by atoms with Crippen molar-refractivity contribution in [1.82, 2.24) is 10.2 Å². The monoisotopic (exact) mass is 398 g/mol. The number of amides is 2. The number of furan rings is 1. The molecule has 1 unspecified atom stereocenters. The first-order chi connectivity index (χ1) is 13.8. The van der Waals surface area contributed by atoms with Gasteiger partial charge in [0.15, 0.2) is 11.9 Å². The van der Waals surface area contributed by atoms with Crippen molar-refractivity contribution in [3.05, 3.63) is 53.5 Å². The Bertz CT molecular complexity index is 837. The second kappa shape index (κ2) is 9.16. The summed E-state index contributed by atoms with van der Waals surface area (Å²) in [6, 6.07) is 9.39. The van der Waals surface area contributed by atoms with Gasteiger partial charge in [-0.25, -0.2) is 0 Å². The number of likely N-dealkylation sites (tertiary alicyclic amines) is 1. The lowest BCUT2D eigenvalue weighted by Crippen LogP contribution is -2.49. The SMILES string of the molecule is Cc1cc(OC(C)C(=O)NC2CCN(C(=O)c3ccco3)CC2)ccc1C(C)C. The maximum atomic E-state index is 12.5. The first-order valence-corrected chi connectivity index (χ1v) is 10.3. The molecule has 0 spiro atoms. The fourth-order valence-corrected chi connectivity index (χ4v) is 3.73. The predicted octanol–water partition coefficient (Wildman–Crippen LogP) is 3.90. The van der Waals surface area contributed by atoms with Crippen molar-refractivity contribution in [2.24, 2.45) is 0 Å². The van der Waals surface area contributed by atoms with E-state index in [1.54, 1.807) is 24.0 Å². The summed E-state index contributed by atoms with van der Waals surface area (Å²) < 4.78 is 11.0. The molecule has 6 nitrogen and oxygen atoms in total. The molecule has 1 aromatic heterocycles. The van der Waals surface area contributed by atoms with E-state index in [0.717, 1.165) is 0 Å². The molecule has 1 fully saturated rings. The zero-order valence-electron chi connectivity index (χ0n) is 17.6. The maximum Gasteiger partial charge on any atom is 0.289 e. The Kier molecular flexibility index (Phi) is 6.62. The van der Waals surface area contributed by atoms with E-state index in [2.05, 4.69) is 32.2 Å². The highest BCUT2D eigenvalue weighted by atomic mass is 16.5. The first-order valence-electron chi connectivity index (χ1n) is 10.3. The molecular weight excluding hydrogens is 368 g/mol. The summed E-state index contributed by atoms with van der Waals surface area (Å²) >= 11 is 0. The van der Waals surface area contributed by atoms with Gasteiger partial charge in [0, 0.05) is 19.1 Å². The molecule has 1 aliphatic heterocycles. The van der Waals surface area contributed by atoms with Crippen LogP contribution in [-0.4, -0.2) is 41.9 Å². The number of hydrogen-bond acceptors (Lipinski definition) is 4. The zero-order chi connectivity index (χ0) is 21.0. The lowest BCUT2D eigenvalue weighted by atomic mass is 9.98. The van der Waals surface area contributed by atoms with Crippen molar-refractivity contribution < 1.29 is 18.7 Å². The third-order valence-corrected chi connectivity index (χ3v) is 5.41. The topological polar surface area (TPSA) is 71.8 Å². The van der Waals surface area contributed by atoms with E-state index in [4.69, 9.17) is 9.15 Å². The van der Waals surface area contributed by atoms with Crippen LogP contribution in [0.3, 0.4) is 0 Å². The summed E-state index contributed by atoms with van der Waals surface area (Å²) in [6.45, 7) is 9.32. The second-order valence-corrected chi connectivity index (χ2v) is 7.99. The van der Waals surface area contributed by atoms with Crippen LogP contribution >= 0.6 is 0 Å². The standard InChI is InChI=1S/C23H30N2O4/c1-15(2)20-8-7-19(14-16(20)3)29-17(4)22(26)24-18-9-11-25(12-10-18)23(27)21-6-5-13-28-21/h5-8,13-15,17-18H,9-12H2,1-4H3,(H,24,26). The molecule has 2 heterocycles. The van der Waals surface area contributed by atoms with E-state index in [1.165, 1.54) is 17.4 Å². The summed E-state index contributed by atoms with van der Waals surface area (Å²) in [5.74, 6) is 1.28. The number of ether oxygens (including phenoxy) is 1. The van der Waals surface area contributed by atoms with Gasteiger partial charge in [-0.1, -0.05) is 19.9 Å². The fraction of sp³-hybridized carbons (Fsp3) is 0.478. The van der Waals surface area contributed by atoms with Gasteiger partial charge in [-0.3, -0.25) is 9.59 Å². The van der Waals surface area contributed by atoms with Crippen LogP contribution in [0.15, 0.2) is 41.0 Å². The van der Waals surface area contributed by atoms with Crippen LogP contribution in [0.1, 0.15) is 61.2 Å². The summed E-state index contributed by atoms with van der Waals surface area (Å²) in [5, 5.41) is 3.05. The fourth-order valence-electron chi connectivity index (χ4n) is 3.73. The van der Waals surface area contributed by atoms with E-state index in [9.17, 15) is 9.59 Å². The number of hydrogen-bond donors (Lipinski definition) is 1. The Balaban J connectivity index is 1.48. The number of piperidine rings is 1. The number of nitrogens with one attached hydrogen (secondary N) is 1. The normalized spacial score (nSPS) is 16.0. The van der Waals surface area contributed by atoms with Crippen LogP contribution < -0.4 is 10.1 Å². The van der Waals surface area contributed by atoms with E-state index in [0.29, 0.717) is 43.4 Å². The largest absolute Gasteiger partial charge is 0.481 e. The summed E-state index contributed by atoms with van der Waals surface area (Å²) in [7, 11) is 0. The van der Waals surface area contributed by atoms with Crippen molar-refractivity contribution in [3.8, 4) is 5.75 Å². The van der Waals surface area contributed by atoms with E-state index >= 15 is 0 Å². The van der Waals surface area contributed by atoms with E-state index in [-0.39, 0.29) is 17.9 Å². The molecule has 156 valence electrons. The Morgan fingerprint density at radius 2 is 1.90 bits per heavy atom. The molecule has 2 amide bonds. The van der Waals surface area contributed by atoms with Gasteiger partial charge in [-0.05, 0) is 68.0 Å². The van der Waals surface area contributed by atoms with E-state index in [1.807, 2.05) is 12.1 Å². The molecule has 1 atom stereocenters. The molecule has 3 rings (SSSR count). The Morgan fingerprint density at radius 3 is 2.48 bits per heavy atom. The Hall–Kier alpha value is -2.76. The molecule has 2 aromatic rings. The number of aryl methyl sites for hydroxylation is 1. The highest BCUT2D eigenvalue weighted by Gasteiger charge is 2.27. The summed E-state index contributed by atoms with van der Waals surface area (Å²) in [4.78, 5) is 26.6. The molecule has 0 radical (unpaired) electrons. The van der Waals surface area contributed by atoms with Crippen molar-refractivity contribution in [1.29, 1.82) is 0 Å². The van der Waals surface area contributed by atoms with Gasteiger partial charge in [0.25, 0.3) is 11.8 Å². The van der Waals surface area contributed by atoms with Crippen LogP contribution in [0.2, 0.25) is 0 Å². The predicted molar refractivity (Wildman–Crippen MR) is 111 cm³/mol. The van der Waals surface area contributed by atoms with Crippen LogP contribution in [0.4, 0.5) is 0 Å². The molecular formula is C23H30N2O4. The smallest absolute Gasteiger partial charge is 0.289 e. The molecule has 0 bridgehead atoms. The highest BCUT2D eigenvalue weighted by Crippen LogP contribution is 2.24. The van der Waals surface area contributed by atoms with Crippen molar-refractivity contribution >= 4 is 11.8 Å². The molecule has 0 aliphatic carbocycles. The van der Waals surface area contributed by atoms with Gasteiger partial charge in [0.05, 0.1) is 6.26 Å². The minimum absolute atomic E-state index is 0.0410. The van der Waals surface area contributed by atoms with Gasteiger partial charge in [0.2, 0.25) is 0 Å². The number of carbonyl (C=O) groups excluding carboxylic acids is 2. The lowest BCUT2D eigenvalue weighted by Gasteiger charge is -2.32. The van der Waals surface area contributed by atoms with Gasteiger partial charge in [0.1, 0.15) is 5.75 Å². The average molecular weight is 399 g/mol. The van der Waals surface area contributed by atoms with E-state index < -0.39 is 6.10 Å². The number of nitrogens with zero attached hydrogens (tertiary/aromatic N) is 1. The minimum atomic E-state index is -0.581. The average Bonchev–Trinajstić information content (AvgIpc) is 3.22. The number of carbonyl (C=O) groups is 2. The molecule has 1 aromatic carbocycles. The maximum absolute atomic E-state index is 12.5. The lowest BCUT2D eigenvalue weighted by molar-refractivity contribution is -0.128. The third kappa shape index (κ3) is 5.19. The molecule has 1 N–H and O–H groups in total. The van der Waals surface area contributed by atoms with Crippen molar-refractivity contribution in [2.75, 3.05) is 13.1 Å². The molecule has 29 heavy (non-hydrogen) atoms. The van der Waals surface area contributed by atoms with Crippen LogP contribution in [0, 0.1) is 6.92 Å².